The number of nitrogens with zero attached hydrogens (tertiary/aromatic N) is 2. The SMILES string of the molecule is CCCNc1cc(Nc2cc(C)cc(F)c2)nc(N)n1. The summed E-state index contributed by atoms with van der Waals surface area (Å²) in [5.41, 5.74) is 7.13. The topological polar surface area (TPSA) is 75.9 Å². The lowest BCUT2D eigenvalue weighted by molar-refractivity contribution is 0.627. The van der Waals surface area contributed by atoms with Crippen LogP contribution in [0.3, 0.4) is 0 Å². The quantitative estimate of drug-likeness (QED) is 0.782. The van der Waals surface area contributed by atoms with Gasteiger partial charge in [-0.2, -0.15) is 9.97 Å². The Kier molecular flexibility index (Phi) is 4.34. The van der Waals surface area contributed by atoms with Crippen LogP contribution >= 0.6 is 0 Å². The lowest BCUT2D eigenvalue weighted by Gasteiger charge is -2.10. The number of anilines is 4. The molecule has 0 saturated carbocycles. The normalized spacial score (nSPS) is 10.3. The van der Waals surface area contributed by atoms with Gasteiger partial charge in [0, 0.05) is 18.3 Å². The van der Waals surface area contributed by atoms with Crippen molar-refractivity contribution in [2.75, 3.05) is 22.9 Å². The molecular formula is C14H18FN5. The van der Waals surface area contributed by atoms with Gasteiger partial charge in [0.15, 0.2) is 0 Å². The second-order valence-corrected chi connectivity index (χ2v) is 4.57. The maximum atomic E-state index is 13.3. The van der Waals surface area contributed by atoms with Gasteiger partial charge in [0.1, 0.15) is 17.5 Å². The number of hydrogen-bond acceptors (Lipinski definition) is 5. The predicted octanol–water partition coefficient (Wildman–Crippen LogP) is 3.07. The number of nitrogen functional groups attached to an aromatic ring is 1. The first kappa shape index (κ1) is 14.0. The third-order valence-corrected chi connectivity index (χ3v) is 2.61. The first-order valence-corrected chi connectivity index (χ1v) is 6.49. The summed E-state index contributed by atoms with van der Waals surface area (Å²) in [5, 5.41) is 6.17. The molecule has 0 unspecified atom stereocenters. The van der Waals surface area contributed by atoms with Gasteiger partial charge in [-0.3, -0.25) is 0 Å². The van der Waals surface area contributed by atoms with Crippen molar-refractivity contribution in [2.24, 2.45) is 0 Å². The number of halogens is 1. The Hall–Kier alpha value is -2.37. The maximum Gasteiger partial charge on any atom is 0.223 e. The molecule has 5 nitrogen and oxygen atoms in total. The van der Waals surface area contributed by atoms with E-state index in [-0.39, 0.29) is 11.8 Å². The summed E-state index contributed by atoms with van der Waals surface area (Å²) in [6, 6.07) is 6.45. The number of nitrogens with two attached hydrogens (primary N) is 1. The van der Waals surface area contributed by atoms with E-state index in [1.54, 1.807) is 6.07 Å². The van der Waals surface area contributed by atoms with Crippen LogP contribution in [0.1, 0.15) is 18.9 Å². The number of nitrogens with one attached hydrogen (secondary N) is 2. The van der Waals surface area contributed by atoms with Gasteiger partial charge in [-0.15, -0.1) is 0 Å². The number of benzene rings is 1. The van der Waals surface area contributed by atoms with E-state index in [1.807, 2.05) is 13.0 Å². The lowest BCUT2D eigenvalue weighted by atomic mass is 10.2. The van der Waals surface area contributed by atoms with Crippen LogP contribution in [0.25, 0.3) is 0 Å². The van der Waals surface area contributed by atoms with E-state index in [1.165, 1.54) is 12.1 Å². The molecule has 1 heterocycles. The van der Waals surface area contributed by atoms with Gasteiger partial charge in [-0.05, 0) is 37.1 Å². The minimum absolute atomic E-state index is 0.168. The summed E-state index contributed by atoms with van der Waals surface area (Å²) in [6.07, 6.45) is 0.982. The Morgan fingerprint density at radius 2 is 1.90 bits per heavy atom. The molecule has 0 bridgehead atoms. The molecule has 0 amide bonds. The average Bonchev–Trinajstić information content (AvgIpc) is 2.34. The van der Waals surface area contributed by atoms with E-state index in [4.69, 9.17) is 5.73 Å². The molecule has 0 atom stereocenters. The molecule has 1 aromatic heterocycles. The Labute approximate surface area is 117 Å². The van der Waals surface area contributed by atoms with E-state index in [0.717, 1.165) is 18.5 Å². The molecule has 20 heavy (non-hydrogen) atoms. The van der Waals surface area contributed by atoms with Gasteiger partial charge >= 0.3 is 0 Å². The highest BCUT2D eigenvalue weighted by Gasteiger charge is 2.04. The number of aromatic nitrogens is 2. The third kappa shape index (κ3) is 3.81. The van der Waals surface area contributed by atoms with Gasteiger partial charge in [-0.25, -0.2) is 4.39 Å². The largest absolute Gasteiger partial charge is 0.370 e. The monoisotopic (exact) mass is 275 g/mol. The standard InChI is InChI=1S/C14H18FN5/c1-3-4-17-12-8-13(20-14(16)19-12)18-11-6-9(2)5-10(15)7-11/h5-8H,3-4H2,1-2H3,(H4,16,17,18,19,20). The van der Waals surface area contributed by atoms with E-state index < -0.39 is 0 Å². The first-order valence-electron chi connectivity index (χ1n) is 6.49. The Morgan fingerprint density at radius 1 is 1.15 bits per heavy atom. The lowest BCUT2D eigenvalue weighted by Crippen LogP contribution is -2.07. The highest BCUT2D eigenvalue weighted by molar-refractivity contribution is 5.61. The van der Waals surface area contributed by atoms with Gasteiger partial charge in [-0.1, -0.05) is 6.92 Å². The van der Waals surface area contributed by atoms with Crippen molar-refractivity contribution in [3.8, 4) is 0 Å². The molecule has 6 heteroatoms. The molecule has 0 radical (unpaired) electrons. The van der Waals surface area contributed by atoms with E-state index >= 15 is 0 Å². The second kappa shape index (κ2) is 6.18. The minimum Gasteiger partial charge on any atom is -0.370 e. The summed E-state index contributed by atoms with van der Waals surface area (Å²) in [4.78, 5) is 8.18. The van der Waals surface area contributed by atoms with E-state index in [0.29, 0.717) is 17.3 Å². The molecule has 0 fully saturated rings. The Morgan fingerprint density at radius 3 is 2.60 bits per heavy atom. The van der Waals surface area contributed by atoms with Crippen LogP contribution in [0.15, 0.2) is 24.3 Å². The number of rotatable bonds is 5. The van der Waals surface area contributed by atoms with E-state index in [9.17, 15) is 4.39 Å². The molecule has 4 N–H and O–H groups in total. The number of hydrogen-bond donors (Lipinski definition) is 3. The molecule has 0 aliphatic heterocycles. The fourth-order valence-electron chi connectivity index (χ4n) is 1.83. The van der Waals surface area contributed by atoms with Crippen molar-refractivity contribution in [1.82, 2.24) is 9.97 Å². The van der Waals surface area contributed by atoms with Crippen LogP contribution in [0.4, 0.5) is 27.7 Å². The van der Waals surface area contributed by atoms with Crippen LogP contribution in [-0.4, -0.2) is 16.5 Å². The summed E-state index contributed by atoms with van der Waals surface area (Å²) in [7, 11) is 0. The van der Waals surface area contributed by atoms with Crippen LogP contribution < -0.4 is 16.4 Å². The van der Waals surface area contributed by atoms with Crippen molar-refractivity contribution in [1.29, 1.82) is 0 Å². The van der Waals surface area contributed by atoms with Gasteiger partial charge in [0.05, 0.1) is 0 Å². The maximum absolute atomic E-state index is 13.3. The van der Waals surface area contributed by atoms with Crippen molar-refractivity contribution >= 4 is 23.3 Å². The molecule has 2 rings (SSSR count). The van der Waals surface area contributed by atoms with Crippen LogP contribution in [0.5, 0.6) is 0 Å². The summed E-state index contributed by atoms with van der Waals surface area (Å²) in [6.45, 7) is 4.69. The summed E-state index contributed by atoms with van der Waals surface area (Å²) < 4.78 is 13.3. The fourth-order valence-corrected chi connectivity index (χ4v) is 1.83. The van der Waals surface area contributed by atoms with Crippen LogP contribution in [0, 0.1) is 12.7 Å². The van der Waals surface area contributed by atoms with Gasteiger partial charge in [0.2, 0.25) is 5.95 Å². The molecule has 0 saturated heterocycles. The minimum atomic E-state index is -0.293. The molecule has 1 aromatic carbocycles. The molecule has 2 aromatic rings. The predicted molar refractivity (Wildman–Crippen MR) is 79.6 cm³/mol. The van der Waals surface area contributed by atoms with E-state index in [2.05, 4.69) is 27.5 Å². The molecule has 106 valence electrons. The molecule has 0 aliphatic rings. The van der Waals surface area contributed by atoms with Crippen molar-refractivity contribution in [2.45, 2.75) is 20.3 Å². The Bertz CT molecular complexity index is 580. The molecule has 0 spiro atoms. The zero-order chi connectivity index (χ0) is 14.5. The van der Waals surface area contributed by atoms with Gasteiger partial charge in [0.25, 0.3) is 0 Å². The van der Waals surface area contributed by atoms with Crippen LogP contribution in [-0.2, 0) is 0 Å². The van der Waals surface area contributed by atoms with Gasteiger partial charge < -0.3 is 16.4 Å². The zero-order valence-electron chi connectivity index (χ0n) is 11.6. The number of aryl methyl sites for hydroxylation is 1. The van der Waals surface area contributed by atoms with Crippen molar-refractivity contribution in [3.05, 3.63) is 35.6 Å². The highest BCUT2D eigenvalue weighted by atomic mass is 19.1. The summed E-state index contributed by atoms with van der Waals surface area (Å²) >= 11 is 0. The third-order valence-electron chi connectivity index (χ3n) is 2.61. The van der Waals surface area contributed by atoms with Crippen molar-refractivity contribution < 1.29 is 4.39 Å². The average molecular weight is 275 g/mol. The fraction of sp³-hybridized carbons (Fsp3) is 0.286. The zero-order valence-corrected chi connectivity index (χ0v) is 11.6. The van der Waals surface area contributed by atoms with Crippen LogP contribution in [0.2, 0.25) is 0 Å². The Balaban J connectivity index is 2.21. The molecule has 0 aliphatic carbocycles. The smallest absolute Gasteiger partial charge is 0.223 e. The molecular weight excluding hydrogens is 257 g/mol. The first-order chi connectivity index (χ1) is 9.56. The highest BCUT2D eigenvalue weighted by Crippen LogP contribution is 2.20. The van der Waals surface area contributed by atoms with Crippen molar-refractivity contribution in [3.63, 3.8) is 0 Å². The second-order valence-electron chi connectivity index (χ2n) is 4.57. The summed E-state index contributed by atoms with van der Waals surface area (Å²) in [5.74, 6) is 1.05.